The Morgan fingerprint density at radius 2 is 2.28 bits per heavy atom. The van der Waals surface area contributed by atoms with Gasteiger partial charge in [-0.3, -0.25) is 0 Å². The summed E-state index contributed by atoms with van der Waals surface area (Å²) in [6, 6.07) is 7.99. The van der Waals surface area contributed by atoms with Crippen LogP contribution < -0.4 is 5.32 Å². The first kappa shape index (κ1) is 13.1. The summed E-state index contributed by atoms with van der Waals surface area (Å²) in [5.41, 5.74) is 1.07. The number of benzene rings is 1. The molecule has 1 aromatic carbocycles. The Bertz CT molecular complexity index is 512. The topological polar surface area (TPSA) is 51.0 Å². The van der Waals surface area contributed by atoms with Crippen LogP contribution in [-0.4, -0.2) is 23.2 Å². The maximum Gasteiger partial charge on any atom is 0.231 e. The van der Waals surface area contributed by atoms with Crippen LogP contribution in [0.1, 0.15) is 24.2 Å². The molecule has 0 fully saturated rings. The van der Waals surface area contributed by atoms with E-state index in [1.54, 1.807) is 0 Å². The summed E-state index contributed by atoms with van der Waals surface area (Å²) in [6.07, 6.45) is 1.37. The van der Waals surface area contributed by atoms with Crippen molar-refractivity contribution in [1.82, 2.24) is 15.5 Å². The first-order valence-electron chi connectivity index (χ1n) is 5.90. The van der Waals surface area contributed by atoms with Crippen LogP contribution in [0.25, 0.3) is 0 Å². The SMILES string of the molecule is CNC(C)Cc1noc(Cc2cccc(Cl)c2)n1. The maximum absolute atomic E-state index is 5.93. The Morgan fingerprint density at radius 3 is 3.00 bits per heavy atom. The van der Waals surface area contributed by atoms with Gasteiger partial charge < -0.3 is 9.84 Å². The van der Waals surface area contributed by atoms with Gasteiger partial charge >= 0.3 is 0 Å². The number of halogens is 1. The Balaban J connectivity index is 2.02. The van der Waals surface area contributed by atoms with E-state index in [1.807, 2.05) is 31.3 Å². The van der Waals surface area contributed by atoms with Crippen LogP contribution in [0.4, 0.5) is 0 Å². The van der Waals surface area contributed by atoms with Gasteiger partial charge in [-0.15, -0.1) is 0 Å². The molecule has 0 amide bonds. The number of hydrogen-bond acceptors (Lipinski definition) is 4. The van der Waals surface area contributed by atoms with Crippen molar-refractivity contribution >= 4 is 11.6 Å². The van der Waals surface area contributed by atoms with E-state index in [-0.39, 0.29) is 0 Å². The fourth-order valence-electron chi connectivity index (χ4n) is 1.64. The first-order valence-corrected chi connectivity index (χ1v) is 6.28. The Morgan fingerprint density at radius 1 is 1.44 bits per heavy atom. The summed E-state index contributed by atoms with van der Waals surface area (Å²) in [6.45, 7) is 2.08. The zero-order valence-electron chi connectivity index (χ0n) is 10.5. The molecule has 0 aliphatic rings. The highest BCUT2D eigenvalue weighted by Crippen LogP contribution is 2.14. The van der Waals surface area contributed by atoms with Crippen molar-refractivity contribution in [3.8, 4) is 0 Å². The van der Waals surface area contributed by atoms with E-state index in [4.69, 9.17) is 16.1 Å². The molecule has 2 rings (SSSR count). The Kier molecular flexibility index (Phi) is 4.33. The largest absolute Gasteiger partial charge is 0.339 e. The molecule has 0 bridgehead atoms. The van der Waals surface area contributed by atoms with Crippen molar-refractivity contribution in [2.45, 2.75) is 25.8 Å². The first-order chi connectivity index (χ1) is 8.67. The molecule has 96 valence electrons. The summed E-state index contributed by atoms with van der Waals surface area (Å²) >= 11 is 5.93. The molecule has 4 nitrogen and oxygen atoms in total. The van der Waals surface area contributed by atoms with Crippen molar-refractivity contribution in [2.75, 3.05) is 7.05 Å². The van der Waals surface area contributed by atoms with Crippen LogP contribution in [-0.2, 0) is 12.8 Å². The number of nitrogens with zero attached hydrogens (tertiary/aromatic N) is 2. The second-order valence-electron chi connectivity index (χ2n) is 4.30. The second-order valence-corrected chi connectivity index (χ2v) is 4.74. The van der Waals surface area contributed by atoms with E-state index >= 15 is 0 Å². The zero-order chi connectivity index (χ0) is 13.0. The molecule has 1 heterocycles. The third-order valence-corrected chi connectivity index (χ3v) is 2.97. The molecule has 2 aromatic rings. The molecule has 1 unspecified atom stereocenters. The highest BCUT2D eigenvalue weighted by atomic mass is 35.5. The van der Waals surface area contributed by atoms with Crippen LogP contribution in [0.2, 0.25) is 5.02 Å². The van der Waals surface area contributed by atoms with Crippen molar-refractivity contribution in [3.05, 3.63) is 46.6 Å². The molecule has 1 aromatic heterocycles. The number of rotatable bonds is 5. The van der Waals surface area contributed by atoms with Gasteiger partial charge in [-0.05, 0) is 31.7 Å². The average molecular weight is 266 g/mol. The molecule has 0 aliphatic heterocycles. The normalized spacial score (nSPS) is 12.6. The van der Waals surface area contributed by atoms with Crippen molar-refractivity contribution < 1.29 is 4.52 Å². The zero-order valence-corrected chi connectivity index (χ0v) is 11.2. The molecule has 0 radical (unpaired) electrons. The molecule has 0 saturated heterocycles. The maximum atomic E-state index is 5.93. The minimum Gasteiger partial charge on any atom is -0.339 e. The van der Waals surface area contributed by atoms with Crippen LogP contribution in [0.5, 0.6) is 0 Å². The molecule has 0 saturated carbocycles. The van der Waals surface area contributed by atoms with E-state index in [1.165, 1.54) is 0 Å². The molecule has 0 spiro atoms. The molecule has 0 aliphatic carbocycles. The van der Waals surface area contributed by atoms with Gasteiger partial charge in [-0.25, -0.2) is 0 Å². The second kappa shape index (κ2) is 5.98. The molecule has 1 N–H and O–H groups in total. The van der Waals surface area contributed by atoms with Crippen molar-refractivity contribution in [1.29, 1.82) is 0 Å². The standard InChI is InChI=1S/C13H16ClN3O/c1-9(15-2)6-12-16-13(18-17-12)8-10-4-3-5-11(14)7-10/h3-5,7,9,15H,6,8H2,1-2H3. The fourth-order valence-corrected chi connectivity index (χ4v) is 1.86. The number of likely N-dealkylation sites (N-methyl/N-ethyl adjacent to an activating group) is 1. The quantitative estimate of drug-likeness (QED) is 0.902. The molecule has 18 heavy (non-hydrogen) atoms. The summed E-state index contributed by atoms with van der Waals surface area (Å²) in [5, 5.41) is 7.82. The van der Waals surface area contributed by atoms with Gasteiger partial charge in [0.25, 0.3) is 0 Å². The van der Waals surface area contributed by atoms with E-state index in [2.05, 4.69) is 22.4 Å². The third kappa shape index (κ3) is 3.55. The van der Waals surface area contributed by atoms with Gasteiger partial charge in [-0.2, -0.15) is 4.98 Å². The van der Waals surface area contributed by atoms with Crippen LogP contribution >= 0.6 is 11.6 Å². The lowest BCUT2D eigenvalue weighted by atomic mass is 10.1. The molecular weight excluding hydrogens is 250 g/mol. The Labute approximate surface area is 111 Å². The summed E-state index contributed by atoms with van der Waals surface area (Å²) < 4.78 is 5.22. The predicted molar refractivity (Wildman–Crippen MR) is 70.8 cm³/mol. The minimum absolute atomic E-state index is 0.335. The molecule has 5 heteroatoms. The summed E-state index contributed by atoms with van der Waals surface area (Å²) in [7, 11) is 1.91. The predicted octanol–water partition coefficient (Wildman–Crippen LogP) is 2.46. The van der Waals surface area contributed by atoms with E-state index in [9.17, 15) is 0 Å². The van der Waals surface area contributed by atoms with Gasteiger partial charge in [0.1, 0.15) is 0 Å². The van der Waals surface area contributed by atoms with Crippen molar-refractivity contribution in [2.24, 2.45) is 0 Å². The minimum atomic E-state index is 0.335. The fraction of sp³-hybridized carbons (Fsp3) is 0.385. The lowest BCUT2D eigenvalue weighted by Gasteiger charge is -2.04. The van der Waals surface area contributed by atoms with E-state index in [0.717, 1.165) is 22.8 Å². The van der Waals surface area contributed by atoms with Gasteiger partial charge in [0.2, 0.25) is 5.89 Å². The third-order valence-electron chi connectivity index (χ3n) is 2.74. The number of hydrogen-bond donors (Lipinski definition) is 1. The summed E-state index contributed by atoms with van der Waals surface area (Å²) in [4.78, 5) is 4.36. The molecule has 1 atom stereocenters. The average Bonchev–Trinajstić information content (AvgIpc) is 2.76. The van der Waals surface area contributed by atoms with Crippen LogP contribution in [0.3, 0.4) is 0 Å². The molecular formula is C13H16ClN3O. The highest BCUT2D eigenvalue weighted by molar-refractivity contribution is 6.30. The van der Waals surface area contributed by atoms with Crippen LogP contribution in [0.15, 0.2) is 28.8 Å². The van der Waals surface area contributed by atoms with Crippen molar-refractivity contribution in [3.63, 3.8) is 0 Å². The number of nitrogens with one attached hydrogen (secondary N) is 1. The summed E-state index contributed by atoms with van der Waals surface area (Å²) in [5.74, 6) is 1.35. The lowest BCUT2D eigenvalue weighted by Crippen LogP contribution is -2.24. The van der Waals surface area contributed by atoms with Gasteiger partial charge in [-0.1, -0.05) is 28.9 Å². The highest BCUT2D eigenvalue weighted by Gasteiger charge is 2.09. The van der Waals surface area contributed by atoms with Crippen LogP contribution in [0, 0.1) is 0 Å². The number of aromatic nitrogens is 2. The smallest absolute Gasteiger partial charge is 0.231 e. The monoisotopic (exact) mass is 265 g/mol. The Hall–Kier alpha value is -1.39. The van der Waals surface area contributed by atoms with Gasteiger partial charge in [0, 0.05) is 17.5 Å². The van der Waals surface area contributed by atoms with Gasteiger partial charge in [0.05, 0.1) is 6.42 Å². The van der Waals surface area contributed by atoms with E-state index < -0.39 is 0 Å². The lowest BCUT2D eigenvalue weighted by molar-refractivity contribution is 0.377. The van der Waals surface area contributed by atoms with E-state index in [0.29, 0.717) is 18.4 Å². The van der Waals surface area contributed by atoms with Gasteiger partial charge in [0.15, 0.2) is 5.82 Å².